The molecule has 90 valence electrons. The minimum atomic E-state index is 0.215. The largest absolute Gasteiger partial charge is 0.356 e. The quantitative estimate of drug-likeness (QED) is 0.439. The lowest BCUT2D eigenvalue weighted by atomic mass is 10.1. The van der Waals surface area contributed by atoms with Gasteiger partial charge in [-0.15, -0.1) is 0 Å². The molecule has 0 aromatic heterocycles. The molecule has 1 N–H and O–H groups in total. The number of thiol groups is 1. The summed E-state index contributed by atoms with van der Waals surface area (Å²) >= 11 is 4.17. The lowest BCUT2D eigenvalue weighted by Gasteiger charge is -2.03. The lowest BCUT2D eigenvalue weighted by Crippen LogP contribution is -2.23. The Balaban J connectivity index is 3.06. The molecule has 2 nitrogen and oxygen atoms in total. The molecule has 0 aliphatic carbocycles. The molecule has 0 heterocycles. The first kappa shape index (κ1) is 14.8. The zero-order chi connectivity index (χ0) is 11.4. The van der Waals surface area contributed by atoms with Gasteiger partial charge in [0.2, 0.25) is 5.91 Å². The lowest BCUT2D eigenvalue weighted by molar-refractivity contribution is -0.121. The molecule has 0 radical (unpaired) electrons. The fraction of sp³-hybridized carbons (Fsp3) is 0.917. The highest BCUT2D eigenvalue weighted by Gasteiger charge is 1.98. The van der Waals surface area contributed by atoms with Crippen molar-refractivity contribution in [3.8, 4) is 0 Å². The van der Waals surface area contributed by atoms with Crippen LogP contribution in [0.4, 0.5) is 0 Å². The van der Waals surface area contributed by atoms with Gasteiger partial charge in [0.15, 0.2) is 0 Å². The molecule has 0 spiro atoms. The molecule has 0 saturated heterocycles. The van der Waals surface area contributed by atoms with Crippen LogP contribution in [-0.4, -0.2) is 18.2 Å². The maximum absolute atomic E-state index is 11.2. The molecule has 0 aromatic rings. The maximum Gasteiger partial charge on any atom is 0.219 e. The summed E-state index contributed by atoms with van der Waals surface area (Å²) in [7, 11) is 0. The highest BCUT2D eigenvalue weighted by atomic mass is 32.1. The molecular weight excluding hydrogens is 206 g/mol. The van der Waals surface area contributed by atoms with Crippen molar-refractivity contribution in [3.63, 3.8) is 0 Å². The first-order valence-corrected chi connectivity index (χ1v) is 6.82. The van der Waals surface area contributed by atoms with E-state index in [2.05, 4.69) is 24.9 Å². The Bertz CT molecular complexity index is 151. The number of carbonyl (C=O) groups excluding carboxylic acids is 1. The molecule has 0 aliphatic heterocycles. The van der Waals surface area contributed by atoms with E-state index in [1.165, 1.54) is 32.1 Å². The average molecular weight is 231 g/mol. The summed E-state index contributed by atoms with van der Waals surface area (Å²) < 4.78 is 0. The van der Waals surface area contributed by atoms with Gasteiger partial charge in [0.1, 0.15) is 0 Å². The Kier molecular flexibility index (Phi) is 11.7. The normalized spacial score (nSPS) is 10.3. The number of rotatable bonds is 10. The van der Waals surface area contributed by atoms with Crippen molar-refractivity contribution in [1.82, 2.24) is 5.32 Å². The van der Waals surface area contributed by atoms with Crippen LogP contribution in [-0.2, 0) is 4.79 Å². The highest BCUT2D eigenvalue weighted by Crippen LogP contribution is 2.07. The maximum atomic E-state index is 11.2. The van der Waals surface area contributed by atoms with E-state index in [-0.39, 0.29) is 5.91 Å². The van der Waals surface area contributed by atoms with E-state index >= 15 is 0 Å². The molecule has 0 aliphatic rings. The monoisotopic (exact) mass is 231 g/mol. The zero-order valence-electron chi connectivity index (χ0n) is 9.93. The van der Waals surface area contributed by atoms with Gasteiger partial charge in [-0.05, 0) is 25.0 Å². The van der Waals surface area contributed by atoms with Gasteiger partial charge in [0.25, 0.3) is 0 Å². The SMILES string of the molecule is CCCNC(=O)CCCCCCCCS. The molecule has 0 atom stereocenters. The third-order valence-corrected chi connectivity index (χ3v) is 2.70. The number of unbranched alkanes of at least 4 members (excludes halogenated alkanes) is 5. The van der Waals surface area contributed by atoms with Gasteiger partial charge in [-0.2, -0.15) is 12.6 Å². The predicted molar refractivity (Wildman–Crippen MR) is 69.5 cm³/mol. The molecule has 0 aromatic carbocycles. The van der Waals surface area contributed by atoms with Gasteiger partial charge in [-0.3, -0.25) is 4.79 Å². The van der Waals surface area contributed by atoms with Gasteiger partial charge in [0.05, 0.1) is 0 Å². The van der Waals surface area contributed by atoms with Crippen molar-refractivity contribution in [2.75, 3.05) is 12.3 Å². The minimum absolute atomic E-state index is 0.215. The van der Waals surface area contributed by atoms with E-state index in [0.717, 1.165) is 25.1 Å². The molecule has 1 amide bonds. The fourth-order valence-electron chi connectivity index (χ4n) is 1.46. The average Bonchev–Trinajstić information content (AvgIpc) is 2.25. The van der Waals surface area contributed by atoms with E-state index in [4.69, 9.17) is 0 Å². The number of carbonyl (C=O) groups is 1. The molecule has 0 unspecified atom stereocenters. The summed E-state index contributed by atoms with van der Waals surface area (Å²) in [5.74, 6) is 1.21. The van der Waals surface area contributed by atoms with E-state index in [1.807, 2.05) is 0 Å². The highest BCUT2D eigenvalue weighted by molar-refractivity contribution is 7.80. The van der Waals surface area contributed by atoms with Crippen LogP contribution >= 0.6 is 12.6 Å². The Hall–Kier alpha value is -0.180. The summed E-state index contributed by atoms with van der Waals surface area (Å²) in [4.78, 5) is 11.2. The smallest absolute Gasteiger partial charge is 0.219 e. The number of nitrogens with one attached hydrogen (secondary N) is 1. The van der Waals surface area contributed by atoms with Gasteiger partial charge >= 0.3 is 0 Å². The second-order valence-electron chi connectivity index (χ2n) is 3.94. The van der Waals surface area contributed by atoms with Crippen LogP contribution in [0, 0.1) is 0 Å². The van der Waals surface area contributed by atoms with E-state index in [9.17, 15) is 4.79 Å². The molecule has 0 rings (SSSR count). The second kappa shape index (κ2) is 11.9. The van der Waals surface area contributed by atoms with Gasteiger partial charge < -0.3 is 5.32 Å². The second-order valence-corrected chi connectivity index (χ2v) is 4.39. The predicted octanol–water partition coefficient (Wildman–Crippen LogP) is 3.17. The summed E-state index contributed by atoms with van der Waals surface area (Å²) in [5.41, 5.74) is 0. The zero-order valence-corrected chi connectivity index (χ0v) is 10.8. The minimum Gasteiger partial charge on any atom is -0.356 e. The van der Waals surface area contributed by atoms with Crippen LogP contribution in [0.2, 0.25) is 0 Å². The van der Waals surface area contributed by atoms with Crippen molar-refractivity contribution in [2.45, 2.75) is 58.3 Å². The van der Waals surface area contributed by atoms with Gasteiger partial charge in [-0.25, -0.2) is 0 Å². The van der Waals surface area contributed by atoms with E-state index in [0.29, 0.717) is 6.42 Å². The van der Waals surface area contributed by atoms with E-state index < -0.39 is 0 Å². The van der Waals surface area contributed by atoms with Crippen LogP contribution in [0.15, 0.2) is 0 Å². The molecule has 3 heteroatoms. The summed E-state index contributed by atoms with van der Waals surface area (Å²) in [6.45, 7) is 2.89. The Morgan fingerprint density at radius 3 is 2.27 bits per heavy atom. The Morgan fingerprint density at radius 2 is 1.67 bits per heavy atom. The van der Waals surface area contributed by atoms with Crippen molar-refractivity contribution in [1.29, 1.82) is 0 Å². The number of amides is 1. The fourth-order valence-corrected chi connectivity index (χ4v) is 1.68. The third-order valence-electron chi connectivity index (χ3n) is 2.38. The van der Waals surface area contributed by atoms with Crippen LogP contribution in [0.25, 0.3) is 0 Å². The number of hydrogen-bond donors (Lipinski definition) is 2. The summed E-state index contributed by atoms with van der Waals surface area (Å²) in [6, 6.07) is 0. The van der Waals surface area contributed by atoms with Crippen LogP contribution in [0.1, 0.15) is 58.3 Å². The first-order valence-electron chi connectivity index (χ1n) is 6.18. The third kappa shape index (κ3) is 11.7. The van der Waals surface area contributed by atoms with Crippen molar-refractivity contribution >= 4 is 18.5 Å². The van der Waals surface area contributed by atoms with Crippen molar-refractivity contribution < 1.29 is 4.79 Å². The molecular formula is C12H25NOS. The van der Waals surface area contributed by atoms with Crippen LogP contribution < -0.4 is 5.32 Å². The Morgan fingerprint density at radius 1 is 1.07 bits per heavy atom. The summed E-state index contributed by atoms with van der Waals surface area (Å²) in [5, 5.41) is 2.89. The van der Waals surface area contributed by atoms with Gasteiger partial charge in [-0.1, -0.05) is 32.6 Å². The molecule has 0 fully saturated rings. The number of hydrogen-bond acceptors (Lipinski definition) is 2. The molecule has 0 bridgehead atoms. The van der Waals surface area contributed by atoms with Crippen molar-refractivity contribution in [3.05, 3.63) is 0 Å². The van der Waals surface area contributed by atoms with Gasteiger partial charge in [0, 0.05) is 13.0 Å². The first-order chi connectivity index (χ1) is 7.31. The summed E-state index contributed by atoms with van der Waals surface area (Å²) in [6.07, 6.45) is 9.00. The van der Waals surface area contributed by atoms with Crippen LogP contribution in [0.5, 0.6) is 0 Å². The standard InChI is InChI=1S/C12H25NOS/c1-2-10-13-12(14)9-7-5-3-4-6-8-11-15/h15H,2-11H2,1H3,(H,13,14). The Labute approximate surface area is 99.6 Å². The topological polar surface area (TPSA) is 29.1 Å². The molecule has 15 heavy (non-hydrogen) atoms. The van der Waals surface area contributed by atoms with Crippen molar-refractivity contribution in [2.24, 2.45) is 0 Å². The van der Waals surface area contributed by atoms with Crippen LogP contribution in [0.3, 0.4) is 0 Å². The molecule has 0 saturated carbocycles. The van der Waals surface area contributed by atoms with E-state index in [1.54, 1.807) is 0 Å².